The van der Waals surface area contributed by atoms with Crippen LogP contribution in [0.15, 0.2) is 146 Å². The second-order valence-electron chi connectivity index (χ2n) is 12.7. The van der Waals surface area contributed by atoms with Crippen molar-refractivity contribution in [2.24, 2.45) is 0 Å². The van der Waals surface area contributed by atoms with Gasteiger partial charge < -0.3 is 4.98 Å². The van der Waals surface area contributed by atoms with Crippen LogP contribution in [0.5, 0.6) is 0 Å². The van der Waals surface area contributed by atoms with Gasteiger partial charge in [0.2, 0.25) is 0 Å². The monoisotopic (exact) mass is 561 g/mol. The number of fused-ring (bicyclic) bond motifs is 8. The molecular formula is C43H31N. The third kappa shape index (κ3) is 3.66. The van der Waals surface area contributed by atoms with Gasteiger partial charge >= 0.3 is 0 Å². The van der Waals surface area contributed by atoms with Crippen molar-refractivity contribution >= 4 is 32.6 Å². The molecule has 8 aromatic rings. The van der Waals surface area contributed by atoms with Gasteiger partial charge in [0.25, 0.3) is 0 Å². The highest BCUT2D eigenvalue weighted by Gasteiger charge is 2.35. The van der Waals surface area contributed by atoms with Crippen LogP contribution in [0.3, 0.4) is 0 Å². The Bertz CT molecular complexity index is 2410. The maximum absolute atomic E-state index is 3.81. The lowest BCUT2D eigenvalue weighted by Gasteiger charge is -2.22. The summed E-state index contributed by atoms with van der Waals surface area (Å²) in [4.78, 5) is 3.81. The summed E-state index contributed by atoms with van der Waals surface area (Å²) in [7, 11) is 0. The van der Waals surface area contributed by atoms with Gasteiger partial charge in [-0.2, -0.15) is 0 Å². The molecule has 9 rings (SSSR count). The predicted octanol–water partition coefficient (Wildman–Crippen LogP) is 11.8. The highest BCUT2D eigenvalue weighted by Crippen LogP contribution is 2.50. The zero-order valence-electron chi connectivity index (χ0n) is 24.9. The summed E-state index contributed by atoms with van der Waals surface area (Å²) in [5.74, 6) is 0. The molecule has 1 aromatic heterocycles. The summed E-state index contributed by atoms with van der Waals surface area (Å²) < 4.78 is 0. The van der Waals surface area contributed by atoms with E-state index in [0.717, 1.165) is 0 Å². The van der Waals surface area contributed by atoms with Crippen LogP contribution in [0.25, 0.3) is 77.1 Å². The third-order valence-electron chi connectivity index (χ3n) is 9.79. The minimum absolute atomic E-state index is 0.0411. The molecule has 0 atom stereocenters. The van der Waals surface area contributed by atoms with Crippen LogP contribution in [0.4, 0.5) is 0 Å². The molecule has 44 heavy (non-hydrogen) atoms. The van der Waals surface area contributed by atoms with Crippen LogP contribution < -0.4 is 0 Å². The Hall–Kier alpha value is -5.40. The summed E-state index contributed by atoms with van der Waals surface area (Å²) >= 11 is 0. The minimum Gasteiger partial charge on any atom is -0.354 e. The third-order valence-corrected chi connectivity index (χ3v) is 9.79. The molecular weight excluding hydrogens is 530 g/mol. The standard InChI is InChI=1S/C43H31N/c1-43(2)38-18-9-8-15-35(38)36-21-19-29(26-39(36)43)31-23-30(27-11-4-3-5-12-27)24-32(25-31)34-16-10-17-37-41-33-14-7-6-13-28(33)20-22-40(41)44-42(34)37/h3-26,44H,1-2H3. The van der Waals surface area contributed by atoms with Gasteiger partial charge in [0.1, 0.15) is 0 Å². The zero-order chi connectivity index (χ0) is 29.4. The van der Waals surface area contributed by atoms with Gasteiger partial charge in [-0.15, -0.1) is 0 Å². The smallest absolute Gasteiger partial charge is 0.0544 e. The lowest BCUT2D eigenvalue weighted by Crippen LogP contribution is -2.14. The van der Waals surface area contributed by atoms with E-state index in [1.807, 2.05) is 0 Å². The SMILES string of the molecule is CC1(C)c2ccccc2-c2ccc(-c3cc(-c4ccccc4)cc(-c4cccc5c4[nH]c4ccc6ccccc6c45)c3)cc21. The van der Waals surface area contributed by atoms with Crippen molar-refractivity contribution in [3.05, 3.63) is 157 Å². The fraction of sp³-hybridized carbons (Fsp3) is 0.0698. The van der Waals surface area contributed by atoms with E-state index in [4.69, 9.17) is 0 Å². The van der Waals surface area contributed by atoms with Crippen LogP contribution in [-0.4, -0.2) is 4.98 Å². The first-order valence-corrected chi connectivity index (χ1v) is 15.4. The topological polar surface area (TPSA) is 15.8 Å². The van der Waals surface area contributed by atoms with Gasteiger partial charge in [0.15, 0.2) is 0 Å². The van der Waals surface area contributed by atoms with Gasteiger partial charge in [-0.1, -0.05) is 129 Å². The van der Waals surface area contributed by atoms with Gasteiger partial charge in [-0.3, -0.25) is 0 Å². The van der Waals surface area contributed by atoms with Crippen molar-refractivity contribution in [1.82, 2.24) is 4.98 Å². The molecule has 1 nitrogen and oxygen atoms in total. The molecule has 0 amide bonds. The fourth-order valence-corrected chi connectivity index (χ4v) is 7.57. The van der Waals surface area contributed by atoms with Crippen LogP contribution in [0.2, 0.25) is 0 Å². The second kappa shape index (κ2) is 9.30. The molecule has 1 heteroatoms. The lowest BCUT2D eigenvalue weighted by atomic mass is 9.81. The number of rotatable bonds is 3. The van der Waals surface area contributed by atoms with E-state index in [1.54, 1.807) is 0 Å². The Morgan fingerprint density at radius 1 is 0.432 bits per heavy atom. The van der Waals surface area contributed by atoms with Crippen LogP contribution >= 0.6 is 0 Å². The van der Waals surface area contributed by atoms with Gasteiger partial charge in [-0.05, 0) is 91.2 Å². The van der Waals surface area contributed by atoms with E-state index < -0.39 is 0 Å². The van der Waals surface area contributed by atoms with E-state index in [2.05, 4.69) is 164 Å². The lowest BCUT2D eigenvalue weighted by molar-refractivity contribution is 0.660. The van der Waals surface area contributed by atoms with E-state index in [-0.39, 0.29) is 5.41 Å². The molecule has 1 aliphatic rings. The van der Waals surface area contributed by atoms with Gasteiger partial charge in [0, 0.05) is 27.3 Å². The van der Waals surface area contributed by atoms with Crippen LogP contribution in [-0.2, 0) is 5.41 Å². The number of aromatic nitrogens is 1. The van der Waals surface area contributed by atoms with Crippen LogP contribution in [0.1, 0.15) is 25.0 Å². The first-order chi connectivity index (χ1) is 21.6. The number of H-pyrrole nitrogens is 1. The fourth-order valence-electron chi connectivity index (χ4n) is 7.57. The van der Waals surface area contributed by atoms with E-state index in [1.165, 1.54) is 88.2 Å². The quantitative estimate of drug-likeness (QED) is 0.221. The maximum Gasteiger partial charge on any atom is 0.0544 e. The van der Waals surface area contributed by atoms with E-state index in [9.17, 15) is 0 Å². The zero-order valence-corrected chi connectivity index (χ0v) is 24.9. The molecule has 0 saturated carbocycles. The van der Waals surface area contributed by atoms with Crippen LogP contribution in [0, 0.1) is 0 Å². The minimum atomic E-state index is -0.0411. The molecule has 1 heterocycles. The highest BCUT2D eigenvalue weighted by molar-refractivity contribution is 6.22. The molecule has 0 aliphatic heterocycles. The summed E-state index contributed by atoms with van der Waals surface area (Å²) in [6.45, 7) is 4.71. The average molecular weight is 562 g/mol. The molecule has 1 N–H and O–H groups in total. The first-order valence-electron chi connectivity index (χ1n) is 15.4. The Kier molecular flexibility index (Phi) is 5.31. The summed E-state index contributed by atoms with van der Waals surface area (Å²) in [5, 5.41) is 5.10. The molecule has 0 radical (unpaired) electrons. The number of hydrogen-bond acceptors (Lipinski definition) is 0. The van der Waals surface area contributed by atoms with Crippen molar-refractivity contribution in [1.29, 1.82) is 0 Å². The normalized spacial score (nSPS) is 13.4. The summed E-state index contributed by atoms with van der Waals surface area (Å²) in [6, 6.07) is 53.6. The Balaban J connectivity index is 1.28. The van der Waals surface area contributed by atoms with Crippen molar-refractivity contribution in [3.63, 3.8) is 0 Å². The molecule has 1 aliphatic carbocycles. The summed E-state index contributed by atoms with van der Waals surface area (Å²) in [5.41, 5.74) is 15.2. The molecule has 208 valence electrons. The van der Waals surface area contributed by atoms with Crippen molar-refractivity contribution in [2.45, 2.75) is 19.3 Å². The molecule has 0 unspecified atom stereocenters. The first kappa shape index (κ1) is 25.1. The van der Waals surface area contributed by atoms with Crippen molar-refractivity contribution in [2.75, 3.05) is 0 Å². The second-order valence-corrected chi connectivity index (χ2v) is 12.7. The van der Waals surface area contributed by atoms with E-state index >= 15 is 0 Å². The predicted molar refractivity (Wildman–Crippen MR) is 187 cm³/mol. The molecule has 0 fully saturated rings. The largest absolute Gasteiger partial charge is 0.354 e. The van der Waals surface area contributed by atoms with Gasteiger partial charge in [0.05, 0.1) is 5.52 Å². The number of hydrogen-bond donors (Lipinski definition) is 1. The number of para-hydroxylation sites is 1. The number of benzene rings is 7. The van der Waals surface area contributed by atoms with Crippen molar-refractivity contribution < 1.29 is 0 Å². The molecule has 0 spiro atoms. The molecule has 7 aromatic carbocycles. The maximum atomic E-state index is 3.81. The number of aromatic amines is 1. The molecule has 0 bridgehead atoms. The Labute approximate surface area is 257 Å². The highest BCUT2D eigenvalue weighted by atomic mass is 14.7. The summed E-state index contributed by atoms with van der Waals surface area (Å²) in [6.07, 6.45) is 0. The van der Waals surface area contributed by atoms with Crippen molar-refractivity contribution in [3.8, 4) is 44.5 Å². The Morgan fingerprint density at radius 2 is 1.11 bits per heavy atom. The number of nitrogens with one attached hydrogen (secondary N) is 1. The van der Waals surface area contributed by atoms with Gasteiger partial charge in [-0.25, -0.2) is 0 Å². The van der Waals surface area contributed by atoms with E-state index in [0.29, 0.717) is 0 Å². The Morgan fingerprint density at radius 3 is 2.00 bits per heavy atom. The average Bonchev–Trinajstić information content (AvgIpc) is 3.57. The molecule has 0 saturated heterocycles.